The van der Waals surface area contributed by atoms with Gasteiger partial charge in [0, 0.05) is 22.9 Å². The summed E-state index contributed by atoms with van der Waals surface area (Å²) < 4.78 is 0. The molecule has 4 nitrogen and oxygen atoms in total. The maximum atomic E-state index is 12.0. The Labute approximate surface area is 142 Å². The van der Waals surface area contributed by atoms with Crippen molar-refractivity contribution in [1.82, 2.24) is 5.32 Å². The standard InChI is InChI=1S/C20H22N2O2/c1-20(2,3)22-19(24)16-10-12-17(13-11-16)21-18(23)14-9-15-7-5-4-6-8-15/h4-14H,1-3H3,(H,21,23)(H,22,24)/b14-9+. The number of rotatable bonds is 4. The summed E-state index contributed by atoms with van der Waals surface area (Å²) in [7, 11) is 0. The smallest absolute Gasteiger partial charge is 0.251 e. The van der Waals surface area contributed by atoms with Crippen molar-refractivity contribution in [2.24, 2.45) is 0 Å². The SMILES string of the molecule is CC(C)(C)NC(=O)c1ccc(NC(=O)/C=C/c2ccccc2)cc1. The summed E-state index contributed by atoms with van der Waals surface area (Å²) in [6.07, 6.45) is 3.23. The average Bonchev–Trinajstić information content (AvgIpc) is 2.53. The first kappa shape index (κ1) is 17.5. The second-order valence-electron chi connectivity index (χ2n) is 6.51. The van der Waals surface area contributed by atoms with Gasteiger partial charge in [-0.1, -0.05) is 30.3 Å². The highest BCUT2D eigenvalue weighted by Gasteiger charge is 2.15. The number of hydrogen-bond acceptors (Lipinski definition) is 2. The van der Waals surface area contributed by atoms with Gasteiger partial charge in [-0.3, -0.25) is 9.59 Å². The van der Waals surface area contributed by atoms with Gasteiger partial charge in [-0.2, -0.15) is 0 Å². The van der Waals surface area contributed by atoms with Gasteiger partial charge in [0.1, 0.15) is 0 Å². The largest absolute Gasteiger partial charge is 0.347 e. The van der Waals surface area contributed by atoms with E-state index in [0.717, 1.165) is 5.56 Å². The van der Waals surface area contributed by atoms with Crippen molar-refractivity contribution in [3.05, 3.63) is 71.8 Å². The molecule has 0 aliphatic heterocycles. The van der Waals surface area contributed by atoms with Crippen LogP contribution in [0, 0.1) is 0 Å². The van der Waals surface area contributed by atoms with Crippen molar-refractivity contribution >= 4 is 23.6 Å². The van der Waals surface area contributed by atoms with Crippen LogP contribution in [0.2, 0.25) is 0 Å². The highest BCUT2D eigenvalue weighted by molar-refractivity contribution is 6.02. The monoisotopic (exact) mass is 322 g/mol. The van der Waals surface area contributed by atoms with Gasteiger partial charge in [-0.05, 0) is 56.7 Å². The molecule has 2 rings (SSSR count). The Morgan fingerprint density at radius 2 is 1.54 bits per heavy atom. The number of benzene rings is 2. The molecule has 0 aromatic heterocycles. The van der Waals surface area contributed by atoms with E-state index in [-0.39, 0.29) is 17.4 Å². The number of anilines is 1. The Morgan fingerprint density at radius 1 is 0.917 bits per heavy atom. The second-order valence-corrected chi connectivity index (χ2v) is 6.51. The predicted octanol–water partition coefficient (Wildman–Crippen LogP) is 3.87. The first-order chi connectivity index (χ1) is 11.3. The van der Waals surface area contributed by atoms with Crippen LogP contribution in [0.15, 0.2) is 60.7 Å². The lowest BCUT2D eigenvalue weighted by molar-refractivity contribution is -0.111. The zero-order chi connectivity index (χ0) is 17.6. The zero-order valence-electron chi connectivity index (χ0n) is 14.2. The Morgan fingerprint density at radius 3 is 2.12 bits per heavy atom. The summed E-state index contributed by atoms with van der Waals surface area (Å²) in [4.78, 5) is 24.0. The highest BCUT2D eigenvalue weighted by Crippen LogP contribution is 2.11. The van der Waals surface area contributed by atoms with Crippen LogP contribution in [0.3, 0.4) is 0 Å². The van der Waals surface area contributed by atoms with Gasteiger partial charge >= 0.3 is 0 Å². The summed E-state index contributed by atoms with van der Waals surface area (Å²) in [5.74, 6) is -0.352. The van der Waals surface area contributed by atoms with Crippen LogP contribution in [0.5, 0.6) is 0 Å². The molecule has 2 N–H and O–H groups in total. The highest BCUT2D eigenvalue weighted by atomic mass is 16.2. The molecule has 24 heavy (non-hydrogen) atoms. The van der Waals surface area contributed by atoms with Gasteiger partial charge in [0.05, 0.1) is 0 Å². The maximum absolute atomic E-state index is 12.0. The molecule has 4 heteroatoms. The van der Waals surface area contributed by atoms with E-state index in [1.54, 1.807) is 30.3 Å². The zero-order valence-corrected chi connectivity index (χ0v) is 14.2. The Balaban J connectivity index is 1.95. The summed E-state index contributed by atoms with van der Waals surface area (Å²) in [5.41, 5.74) is 1.88. The Bertz CT molecular complexity index is 726. The number of hydrogen-bond donors (Lipinski definition) is 2. The quantitative estimate of drug-likeness (QED) is 0.840. The van der Waals surface area contributed by atoms with Crippen LogP contribution in [0.1, 0.15) is 36.7 Å². The van der Waals surface area contributed by atoms with Crippen LogP contribution in [0.4, 0.5) is 5.69 Å². The topological polar surface area (TPSA) is 58.2 Å². The van der Waals surface area contributed by atoms with Crippen LogP contribution in [0.25, 0.3) is 6.08 Å². The minimum absolute atomic E-state index is 0.135. The fraction of sp³-hybridized carbons (Fsp3) is 0.200. The molecule has 2 aromatic rings. The van der Waals surface area contributed by atoms with E-state index in [1.165, 1.54) is 6.08 Å². The van der Waals surface area contributed by atoms with Crippen molar-refractivity contribution in [3.63, 3.8) is 0 Å². The second kappa shape index (κ2) is 7.59. The molecule has 0 bridgehead atoms. The van der Waals surface area contributed by atoms with E-state index in [9.17, 15) is 9.59 Å². The van der Waals surface area contributed by atoms with Crippen molar-refractivity contribution in [2.45, 2.75) is 26.3 Å². The number of nitrogens with one attached hydrogen (secondary N) is 2. The first-order valence-corrected chi connectivity index (χ1v) is 7.80. The normalized spacial score (nSPS) is 11.3. The van der Waals surface area contributed by atoms with Gasteiger partial charge in [-0.15, -0.1) is 0 Å². The molecule has 2 amide bonds. The van der Waals surface area contributed by atoms with Crippen LogP contribution < -0.4 is 10.6 Å². The summed E-state index contributed by atoms with van der Waals surface area (Å²) in [6, 6.07) is 16.4. The summed E-state index contributed by atoms with van der Waals surface area (Å²) in [5, 5.41) is 5.67. The van der Waals surface area contributed by atoms with Gasteiger partial charge in [0.2, 0.25) is 5.91 Å². The van der Waals surface area contributed by atoms with Crippen molar-refractivity contribution in [2.75, 3.05) is 5.32 Å². The minimum atomic E-state index is -0.286. The molecule has 124 valence electrons. The molecule has 0 aliphatic carbocycles. The van der Waals surface area contributed by atoms with Gasteiger partial charge in [0.15, 0.2) is 0 Å². The molecule has 0 spiro atoms. The van der Waals surface area contributed by atoms with E-state index < -0.39 is 0 Å². The van der Waals surface area contributed by atoms with E-state index in [0.29, 0.717) is 11.3 Å². The maximum Gasteiger partial charge on any atom is 0.251 e. The molecule has 0 heterocycles. The molecule has 0 saturated heterocycles. The Hall–Kier alpha value is -2.88. The molecule has 0 fully saturated rings. The number of carbonyl (C=O) groups is 2. The number of carbonyl (C=O) groups excluding carboxylic acids is 2. The minimum Gasteiger partial charge on any atom is -0.347 e. The molecule has 0 unspecified atom stereocenters. The van der Waals surface area contributed by atoms with Gasteiger partial charge < -0.3 is 10.6 Å². The van der Waals surface area contributed by atoms with Gasteiger partial charge in [-0.25, -0.2) is 0 Å². The van der Waals surface area contributed by atoms with Crippen molar-refractivity contribution in [3.8, 4) is 0 Å². The molecule has 0 atom stereocenters. The third-order valence-electron chi connectivity index (χ3n) is 3.13. The third kappa shape index (κ3) is 5.72. The number of amides is 2. The van der Waals surface area contributed by atoms with E-state index in [1.807, 2.05) is 51.1 Å². The molecule has 0 radical (unpaired) electrons. The van der Waals surface area contributed by atoms with Crippen molar-refractivity contribution in [1.29, 1.82) is 0 Å². The molecule has 0 aliphatic rings. The lowest BCUT2D eigenvalue weighted by Gasteiger charge is -2.20. The van der Waals surface area contributed by atoms with E-state index >= 15 is 0 Å². The first-order valence-electron chi connectivity index (χ1n) is 7.80. The Kier molecular flexibility index (Phi) is 5.53. The molecule has 0 saturated carbocycles. The average molecular weight is 322 g/mol. The van der Waals surface area contributed by atoms with Gasteiger partial charge in [0.25, 0.3) is 5.91 Å². The fourth-order valence-electron chi connectivity index (χ4n) is 2.04. The lowest BCUT2D eigenvalue weighted by atomic mass is 10.1. The lowest BCUT2D eigenvalue weighted by Crippen LogP contribution is -2.40. The van der Waals surface area contributed by atoms with Crippen LogP contribution >= 0.6 is 0 Å². The van der Waals surface area contributed by atoms with Crippen molar-refractivity contribution < 1.29 is 9.59 Å². The van der Waals surface area contributed by atoms with E-state index in [2.05, 4.69) is 10.6 Å². The van der Waals surface area contributed by atoms with E-state index in [4.69, 9.17) is 0 Å². The molecular formula is C20H22N2O2. The third-order valence-corrected chi connectivity index (χ3v) is 3.13. The molecular weight excluding hydrogens is 300 g/mol. The van der Waals surface area contributed by atoms with Crippen LogP contribution in [-0.2, 0) is 4.79 Å². The summed E-state index contributed by atoms with van der Waals surface area (Å²) >= 11 is 0. The summed E-state index contributed by atoms with van der Waals surface area (Å²) in [6.45, 7) is 5.79. The predicted molar refractivity (Wildman–Crippen MR) is 97.8 cm³/mol. The molecule has 2 aromatic carbocycles. The van der Waals surface area contributed by atoms with Crippen LogP contribution in [-0.4, -0.2) is 17.4 Å². The fourth-order valence-corrected chi connectivity index (χ4v) is 2.04.